The second kappa shape index (κ2) is 5.27. The number of H-pyrrole nitrogens is 1. The first-order chi connectivity index (χ1) is 9.72. The molecule has 0 unspecified atom stereocenters. The lowest BCUT2D eigenvalue weighted by Crippen LogP contribution is -2.15. The second-order valence-electron chi connectivity index (χ2n) is 4.71. The highest BCUT2D eigenvalue weighted by Gasteiger charge is 2.22. The van der Waals surface area contributed by atoms with Crippen LogP contribution in [-0.4, -0.2) is 11.5 Å². The van der Waals surface area contributed by atoms with Crippen molar-refractivity contribution in [3.8, 4) is 0 Å². The minimum atomic E-state index is -0.321. The van der Waals surface area contributed by atoms with E-state index in [-0.39, 0.29) is 11.7 Å². The number of aromatic amines is 1. The largest absolute Gasteiger partial charge is 0.361 e. The lowest BCUT2D eigenvalue weighted by molar-refractivity contribution is 0.598. The van der Waals surface area contributed by atoms with E-state index in [4.69, 9.17) is 17.3 Å². The topological polar surface area (TPSA) is 41.8 Å². The molecule has 0 aliphatic heterocycles. The summed E-state index contributed by atoms with van der Waals surface area (Å²) in [6.45, 7) is 0.294. The van der Waals surface area contributed by atoms with Crippen LogP contribution in [-0.2, 0) is 0 Å². The number of nitrogens with two attached hydrogens (primary N) is 1. The fourth-order valence-corrected chi connectivity index (χ4v) is 2.92. The van der Waals surface area contributed by atoms with Crippen LogP contribution in [0.4, 0.5) is 4.39 Å². The van der Waals surface area contributed by atoms with Gasteiger partial charge in [0, 0.05) is 40.1 Å². The highest BCUT2D eigenvalue weighted by Crippen LogP contribution is 2.35. The molecule has 102 valence electrons. The van der Waals surface area contributed by atoms with Crippen LogP contribution in [0.3, 0.4) is 0 Å². The van der Waals surface area contributed by atoms with Crippen molar-refractivity contribution in [3.05, 3.63) is 70.6 Å². The van der Waals surface area contributed by atoms with E-state index in [9.17, 15) is 4.39 Å². The maximum atomic E-state index is 14.1. The predicted molar refractivity (Wildman–Crippen MR) is 80.6 cm³/mol. The SMILES string of the molecule is NC[C@@H](c1c(F)cccc1Cl)c1c[nH]c2ccccc12. The summed E-state index contributed by atoms with van der Waals surface area (Å²) >= 11 is 6.17. The van der Waals surface area contributed by atoms with Crippen molar-refractivity contribution in [1.29, 1.82) is 0 Å². The lowest BCUT2D eigenvalue weighted by Gasteiger charge is -2.17. The van der Waals surface area contributed by atoms with Crippen LogP contribution in [0.25, 0.3) is 10.9 Å². The summed E-state index contributed by atoms with van der Waals surface area (Å²) in [5, 5.41) is 1.45. The van der Waals surface area contributed by atoms with Crippen LogP contribution >= 0.6 is 11.6 Å². The summed E-state index contributed by atoms with van der Waals surface area (Å²) in [4.78, 5) is 3.19. The van der Waals surface area contributed by atoms with Crippen molar-refractivity contribution in [2.75, 3.05) is 6.54 Å². The maximum absolute atomic E-state index is 14.1. The van der Waals surface area contributed by atoms with Gasteiger partial charge in [-0.3, -0.25) is 0 Å². The van der Waals surface area contributed by atoms with Crippen LogP contribution in [0.1, 0.15) is 17.0 Å². The fraction of sp³-hybridized carbons (Fsp3) is 0.125. The maximum Gasteiger partial charge on any atom is 0.128 e. The van der Waals surface area contributed by atoms with Crippen molar-refractivity contribution in [2.45, 2.75) is 5.92 Å². The first kappa shape index (κ1) is 13.2. The number of fused-ring (bicyclic) bond motifs is 1. The average molecular weight is 289 g/mol. The number of hydrogen-bond donors (Lipinski definition) is 2. The molecule has 0 radical (unpaired) electrons. The molecule has 3 rings (SSSR count). The van der Waals surface area contributed by atoms with Crippen LogP contribution in [0, 0.1) is 5.82 Å². The quantitative estimate of drug-likeness (QED) is 0.750. The Morgan fingerprint density at radius 3 is 2.70 bits per heavy atom. The Kier molecular flexibility index (Phi) is 3.47. The van der Waals surface area contributed by atoms with Crippen LogP contribution < -0.4 is 5.73 Å². The van der Waals surface area contributed by atoms with E-state index in [1.165, 1.54) is 6.07 Å². The van der Waals surface area contributed by atoms with Gasteiger partial charge < -0.3 is 10.7 Å². The fourth-order valence-electron chi connectivity index (χ4n) is 2.63. The molecule has 4 heteroatoms. The van der Waals surface area contributed by atoms with E-state index in [2.05, 4.69) is 4.98 Å². The molecule has 2 nitrogen and oxygen atoms in total. The van der Waals surface area contributed by atoms with Crippen LogP contribution in [0.15, 0.2) is 48.7 Å². The summed E-state index contributed by atoms with van der Waals surface area (Å²) in [7, 11) is 0. The molecule has 0 amide bonds. The first-order valence-corrected chi connectivity index (χ1v) is 6.80. The van der Waals surface area contributed by atoms with Gasteiger partial charge in [0.15, 0.2) is 0 Å². The molecule has 20 heavy (non-hydrogen) atoms. The molecule has 1 aromatic heterocycles. The number of rotatable bonds is 3. The Hall–Kier alpha value is -1.84. The van der Waals surface area contributed by atoms with E-state index >= 15 is 0 Å². The third kappa shape index (κ3) is 2.09. The molecule has 0 bridgehead atoms. The summed E-state index contributed by atoms with van der Waals surface area (Å²) in [6, 6.07) is 12.6. The number of aromatic nitrogens is 1. The van der Waals surface area contributed by atoms with E-state index in [1.54, 1.807) is 12.1 Å². The zero-order chi connectivity index (χ0) is 14.1. The molecular weight excluding hydrogens is 275 g/mol. The van der Waals surface area contributed by atoms with Crippen LogP contribution in [0.2, 0.25) is 5.02 Å². The number of hydrogen-bond acceptors (Lipinski definition) is 1. The first-order valence-electron chi connectivity index (χ1n) is 6.42. The molecule has 0 fully saturated rings. The molecular formula is C16H14ClFN2. The standard InChI is InChI=1S/C16H14ClFN2/c17-13-5-3-6-14(18)16(13)11(8-19)12-9-20-15-7-2-1-4-10(12)15/h1-7,9,11,20H,8,19H2/t11-/m1/s1. The zero-order valence-electron chi connectivity index (χ0n) is 10.7. The monoisotopic (exact) mass is 288 g/mol. The van der Waals surface area contributed by atoms with Gasteiger partial charge in [-0.15, -0.1) is 0 Å². The minimum Gasteiger partial charge on any atom is -0.361 e. The van der Waals surface area contributed by atoms with Gasteiger partial charge in [0.1, 0.15) is 5.82 Å². The van der Waals surface area contributed by atoms with Crippen molar-refractivity contribution in [3.63, 3.8) is 0 Å². The van der Waals surface area contributed by atoms with Gasteiger partial charge in [-0.2, -0.15) is 0 Å². The summed E-state index contributed by atoms with van der Waals surface area (Å²) in [6.07, 6.45) is 1.88. The lowest BCUT2D eigenvalue weighted by atomic mass is 9.90. The van der Waals surface area contributed by atoms with Crippen molar-refractivity contribution in [2.24, 2.45) is 5.73 Å². The summed E-state index contributed by atoms with van der Waals surface area (Å²) in [5.41, 5.74) is 8.32. The molecule has 0 saturated heterocycles. The van der Waals surface area contributed by atoms with E-state index in [1.807, 2.05) is 30.5 Å². The van der Waals surface area contributed by atoms with E-state index in [0.717, 1.165) is 16.5 Å². The third-order valence-corrected chi connectivity index (χ3v) is 3.91. The highest BCUT2D eigenvalue weighted by molar-refractivity contribution is 6.31. The highest BCUT2D eigenvalue weighted by atomic mass is 35.5. The van der Waals surface area contributed by atoms with Crippen LogP contribution in [0.5, 0.6) is 0 Å². The van der Waals surface area contributed by atoms with E-state index < -0.39 is 0 Å². The molecule has 2 aromatic carbocycles. The Labute approximate surface area is 121 Å². The van der Waals surface area contributed by atoms with E-state index in [0.29, 0.717) is 17.1 Å². The predicted octanol–water partition coefficient (Wildman–Crippen LogP) is 4.05. The smallest absolute Gasteiger partial charge is 0.128 e. The molecule has 0 spiro atoms. The Morgan fingerprint density at radius 2 is 1.95 bits per heavy atom. The second-order valence-corrected chi connectivity index (χ2v) is 5.12. The van der Waals surface area contributed by atoms with Gasteiger partial charge in [-0.1, -0.05) is 35.9 Å². The summed E-state index contributed by atoms with van der Waals surface area (Å²) in [5.74, 6) is -0.585. The summed E-state index contributed by atoms with van der Waals surface area (Å²) < 4.78 is 14.1. The molecule has 0 aliphatic rings. The van der Waals surface area contributed by atoms with Crippen molar-refractivity contribution in [1.82, 2.24) is 4.98 Å². The molecule has 3 N–H and O–H groups in total. The third-order valence-electron chi connectivity index (χ3n) is 3.58. The number of nitrogens with one attached hydrogen (secondary N) is 1. The Morgan fingerprint density at radius 1 is 1.15 bits per heavy atom. The molecule has 1 atom stereocenters. The van der Waals surface area contributed by atoms with Crippen molar-refractivity contribution >= 4 is 22.5 Å². The van der Waals surface area contributed by atoms with Gasteiger partial charge in [0.25, 0.3) is 0 Å². The Balaban J connectivity index is 2.20. The number of halogens is 2. The minimum absolute atomic E-state index is 0.264. The zero-order valence-corrected chi connectivity index (χ0v) is 11.5. The number of benzene rings is 2. The van der Waals surface area contributed by atoms with Gasteiger partial charge >= 0.3 is 0 Å². The Bertz CT molecular complexity index is 731. The van der Waals surface area contributed by atoms with Gasteiger partial charge in [0.2, 0.25) is 0 Å². The van der Waals surface area contributed by atoms with Gasteiger partial charge in [0.05, 0.1) is 0 Å². The van der Waals surface area contributed by atoms with Gasteiger partial charge in [-0.05, 0) is 23.8 Å². The van der Waals surface area contributed by atoms with Gasteiger partial charge in [-0.25, -0.2) is 4.39 Å². The molecule has 3 aromatic rings. The molecule has 0 saturated carbocycles. The number of para-hydroxylation sites is 1. The normalized spacial score (nSPS) is 12.8. The van der Waals surface area contributed by atoms with Crippen molar-refractivity contribution < 1.29 is 4.39 Å². The molecule has 0 aliphatic carbocycles. The molecule has 1 heterocycles. The average Bonchev–Trinajstić information content (AvgIpc) is 2.87.